The van der Waals surface area contributed by atoms with Gasteiger partial charge in [0.05, 0.1) is 0 Å². The number of aryl methyl sites for hydroxylation is 2. The molecule has 3 heteroatoms. The van der Waals surface area contributed by atoms with Crippen molar-refractivity contribution in [1.82, 2.24) is 9.97 Å². The summed E-state index contributed by atoms with van der Waals surface area (Å²) < 4.78 is 0.704. The van der Waals surface area contributed by atoms with Gasteiger partial charge in [-0.3, -0.25) is 0 Å². The van der Waals surface area contributed by atoms with E-state index in [2.05, 4.69) is 135 Å². The average Bonchev–Trinajstić information content (AvgIpc) is 3.81. The Morgan fingerprint density at radius 3 is 1.31 bits per heavy atom. The molecule has 0 saturated heterocycles. The van der Waals surface area contributed by atoms with E-state index in [1.807, 2.05) is 24.5 Å². The number of unbranched alkanes of at least 4 members (excludes halogenated alkanes) is 6. The van der Waals surface area contributed by atoms with Gasteiger partial charge in [0.25, 0.3) is 0 Å². The van der Waals surface area contributed by atoms with Crippen molar-refractivity contribution in [2.24, 2.45) is 0 Å². The van der Waals surface area contributed by atoms with Crippen LogP contribution in [0.15, 0.2) is 134 Å². The predicted molar refractivity (Wildman–Crippen MR) is 229 cm³/mol. The van der Waals surface area contributed by atoms with Crippen molar-refractivity contribution in [3.63, 3.8) is 0 Å². The normalized spacial score (nSPS) is 15.7. The van der Waals surface area contributed by atoms with Crippen LogP contribution in [0.5, 0.6) is 0 Å². The van der Waals surface area contributed by atoms with Crippen LogP contribution < -0.4 is 0 Å². The number of pyridine rings is 2. The molecule has 2 aromatic heterocycles. The van der Waals surface area contributed by atoms with Gasteiger partial charge < -0.3 is 0 Å². The van der Waals surface area contributed by atoms with Gasteiger partial charge in [-0.15, -0.1) is 0 Å². The Kier molecular flexibility index (Phi) is 12.3. The van der Waals surface area contributed by atoms with Gasteiger partial charge in [0, 0.05) is 0 Å². The minimum atomic E-state index is -1.29. The van der Waals surface area contributed by atoms with Crippen molar-refractivity contribution in [3.8, 4) is 22.3 Å². The number of fused-ring (bicyclic) bond motifs is 2. The van der Waals surface area contributed by atoms with Gasteiger partial charge in [0.15, 0.2) is 0 Å². The van der Waals surface area contributed by atoms with Crippen LogP contribution in [0.1, 0.15) is 117 Å². The van der Waals surface area contributed by atoms with Gasteiger partial charge in [-0.2, -0.15) is 0 Å². The van der Waals surface area contributed by atoms with E-state index in [0.29, 0.717) is 7.25 Å². The zero-order valence-electron chi connectivity index (χ0n) is 32.5. The SMILES string of the molecule is CCCCCCc1ccc(-c2cccc3c2C=C(c2ccccn2)[CH]3[Zr][CH]2C(c3ccccn3)=Cc3c(-c4ccc(CCCCCC)cc4)cccc32)cc1. The van der Waals surface area contributed by atoms with Crippen LogP contribution in [0.4, 0.5) is 0 Å². The van der Waals surface area contributed by atoms with E-state index in [-0.39, 0.29) is 0 Å². The monoisotopic (exact) mass is 794 g/mol. The van der Waals surface area contributed by atoms with Crippen LogP contribution in [0.3, 0.4) is 0 Å². The number of nitrogens with zero attached hydrogens (tertiary/aromatic N) is 2. The number of aromatic nitrogens is 2. The standard InChI is InChI=1S/2C26H26N.Zr/c2*1-2-3-4-5-9-20-13-15-21(16-14-20)24-11-8-10-22-18-23(19-25(22)24)26-12-6-7-17-27-26;/h2*6-8,10-19H,2-5,9H2,1H3;. The average molecular weight is 796 g/mol. The van der Waals surface area contributed by atoms with E-state index in [4.69, 9.17) is 9.97 Å². The molecular formula is C52H52N2Zr. The summed E-state index contributed by atoms with van der Waals surface area (Å²) >= 11 is -1.29. The van der Waals surface area contributed by atoms with Gasteiger partial charge in [-0.1, -0.05) is 26.7 Å². The second kappa shape index (κ2) is 18.0. The molecule has 2 aliphatic rings. The molecule has 0 amide bonds. The topological polar surface area (TPSA) is 25.8 Å². The van der Waals surface area contributed by atoms with Gasteiger partial charge >= 0.3 is 316 Å². The van der Waals surface area contributed by atoms with E-state index >= 15 is 0 Å². The van der Waals surface area contributed by atoms with Crippen molar-refractivity contribution in [2.45, 2.75) is 85.3 Å². The Morgan fingerprint density at radius 1 is 0.455 bits per heavy atom. The third-order valence-corrected chi connectivity index (χ3v) is 16.2. The first-order chi connectivity index (χ1) is 27.2. The molecule has 0 aliphatic heterocycles. The molecule has 4 aromatic carbocycles. The van der Waals surface area contributed by atoms with Crippen molar-refractivity contribution >= 4 is 23.3 Å². The Labute approximate surface area is 340 Å². The van der Waals surface area contributed by atoms with Crippen LogP contribution in [0.25, 0.3) is 45.6 Å². The van der Waals surface area contributed by atoms with Gasteiger partial charge in [0.1, 0.15) is 0 Å². The van der Waals surface area contributed by atoms with Crippen molar-refractivity contribution in [2.75, 3.05) is 0 Å². The van der Waals surface area contributed by atoms with Crippen LogP contribution in [-0.4, -0.2) is 9.97 Å². The summed E-state index contributed by atoms with van der Waals surface area (Å²) in [6.45, 7) is 4.56. The van der Waals surface area contributed by atoms with Crippen molar-refractivity contribution in [3.05, 3.63) is 178 Å². The number of hydrogen-bond acceptors (Lipinski definition) is 2. The number of allylic oxidation sites excluding steroid dienone is 2. The quantitative estimate of drug-likeness (QED) is 0.0912. The second-order valence-corrected chi connectivity index (χ2v) is 19.0. The Morgan fingerprint density at radius 2 is 0.909 bits per heavy atom. The second-order valence-electron chi connectivity index (χ2n) is 15.3. The summed E-state index contributed by atoms with van der Waals surface area (Å²) in [7, 11) is 0. The summed E-state index contributed by atoms with van der Waals surface area (Å²) in [5.74, 6) is 0. The molecule has 2 atom stereocenters. The minimum absolute atomic E-state index is 0.352. The maximum atomic E-state index is 4.97. The fourth-order valence-corrected chi connectivity index (χ4v) is 13.5. The van der Waals surface area contributed by atoms with E-state index in [9.17, 15) is 0 Å². The molecule has 2 aliphatic carbocycles. The number of hydrogen-bond donors (Lipinski definition) is 0. The molecule has 274 valence electrons. The molecule has 0 N–H and O–H groups in total. The summed E-state index contributed by atoms with van der Waals surface area (Å²) in [4.78, 5) is 9.93. The molecule has 0 fully saturated rings. The number of benzene rings is 4. The molecule has 0 bridgehead atoms. The molecule has 6 aromatic rings. The Bertz CT molecular complexity index is 2090. The molecule has 2 unspecified atom stereocenters. The summed E-state index contributed by atoms with van der Waals surface area (Å²) in [5, 5.41) is 0. The molecule has 2 heterocycles. The maximum absolute atomic E-state index is 4.97. The fraction of sp³-hybridized carbons (Fsp3) is 0.269. The fourth-order valence-electron chi connectivity index (χ4n) is 8.56. The Hall–Kier alpha value is -4.46. The van der Waals surface area contributed by atoms with Gasteiger partial charge in [0.2, 0.25) is 0 Å². The number of rotatable bonds is 16. The molecule has 0 radical (unpaired) electrons. The third kappa shape index (κ3) is 8.39. The molecule has 0 saturated carbocycles. The summed E-state index contributed by atoms with van der Waals surface area (Å²) in [5.41, 5.74) is 18.8. The van der Waals surface area contributed by atoms with E-state index in [0.717, 1.165) is 24.2 Å². The van der Waals surface area contributed by atoms with Crippen LogP contribution in [-0.2, 0) is 36.1 Å². The summed E-state index contributed by atoms with van der Waals surface area (Å²) in [6, 6.07) is 45.6. The van der Waals surface area contributed by atoms with E-state index in [1.54, 1.807) is 0 Å². The molecule has 55 heavy (non-hydrogen) atoms. The van der Waals surface area contributed by atoms with E-state index < -0.39 is 23.2 Å². The molecule has 0 spiro atoms. The molecule has 2 nitrogen and oxygen atoms in total. The first-order valence-electron chi connectivity index (χ1n) is 20.7. The zero-order chi connectivity index (χ0) is 37.4. The van der Waals surface area contributed by atoms with Gasteiger partial charge in [-0.05, 0) is 0 Å². The van der Waals surface area contributed by atoms with Crippen LogP contribution in [0, 0.1) is 0 Å². The summed E-state index contributed by atoms with van der Waals surface area (Å²) in [6.07, 6.45) is 21.6. The van der Waals surface area contributed by atoms with Crippen LogP contribution >= 0.6 is 0 Å². The zero-order valence-corrected chi connectivity index (χ0v) is 34.9. The van der Waals surface area contributed by atoms with Crippen molar-refractivity contribution in [1.29, 1.82) is 0 Å². The molecular weight excluding hydrogens is 744 g/mol. The van der Waals surface area contributed by atoms with Gasteiger partial charge in [-0.25, -0.2) is 0 Å². The third-order valence-electron chi connectivity index (χ3n) is 11.5. The first kappa shape index (κ1) is 37.5. The van der Waals surface area contributed by atoms with E-state index in [1.165, 1.54) is 118 Å². The molecule has 8 rings (SSSR count). The Balaban J connectivity index is 1.15. The first-order valence-corrected chi connectivity index (χ1v) is 23.5. The van der Waals surface area contributed by atoms with Crippen molar-refractivity contribution < 1.29 is 23.2 Å². The predicted octanol–water partition coefficient (Wildman–Crippen LogP) is 14.0. The van der Waals surface area contributed by atoms with Crippen LogP contribution in [0.2, 0.25) is 0 Å².